The minimum Gasteiger partial charge on any atom is -0.462 e. The molecule has 2 heterocycles. The van der Waals surface area contributed by atoms with Gasteiger partial charge in [0.05, 0.1) is 58.0 Å². The Balaban J connectivity index is 1.51. The molecule has 1 fully saturated rings. The van der Waals surface area contributed by atoms with Gasteiger partial charge in [0.1, 0.15) is 6.61 Å². The molecule has 54 heavy (non-hydrogen) atoms. The van der Waals surface area contributed by atoms with Crippen molar-refractivity contribution >= 4 is 35.9 Å². The molecule has 0 spiro atoms. The van der Waals surface area contributed by atoms with Gasteiger partial charge in [-0.2, -0.15) is 0 Å². The van der Waals surface area contributed by atoms with Gasteiger partial charge in [0.15, 0.2) is 23.9 Å². The highest BCUT2D eigenvalue weighted by Gasteiger charge is 2.55. The summed E-state index contributed by atoms with van der Waals surface area (Å²) in [5.41, 5.74) is 2.89. The fourth-order valence-corrected chi connectivity index (χ4v) is 9.58. The number of hydrogen-bond donors (Lipinski definition) is 0. The molecule has 286 valence electrons. The molecule has 4 atom stereocenters. The van der Waals surface area contributed by atoms with Crippen molar-refractivity contribution in [1.29, 1.82) is 0 Å². The van der Waals surface area contributed by atoms with Gasteiger partial charge >= 0.3 is 11.9 Å². The van der Waals surface area contributed by atoms with E-state index in [0.29, 0.717) is 29.8 Å². The minimum atomic E-state index is -3.79. The number of carbonyl (C=O) groups is 3. The van der Waals surface area contributed by atoms with E-state index in [-0.39, 0.29) is 64.9 Å². The van der Waals surface area contributed by atoms with Crippen LogP contribution in [0.25, 0.3) is 0 Å². The zero-order chi connectivity index (χ0) is 38.8. The Hall–Kier alpha value is -4.36. The standard InChI is InChI=1S/C42H50N2O8SSi/c1-7-50-41(47)36-35-34(52-54(5,6)42(2,3)4)24-23-33(45)38(35)43(25-26-53(48,49)31-21-15-10-16-22-31)39(36)37-32(44(37)27-29-17-11-8-12-18-29)28-51-40(46)30-19-13-9-14-20-30/h8-22,32,34,37H,7,23-28H2,1-6H3/t32-,34?,37-,44?/m0/s1. The van der Waals surface area contributed by atoms with Crippen molar-refractivity contribution < 1.29 is 36.7 Å². The summed E-state index contributed by atoms with van der Waals surface area (Å²) in [5, 5.41) is -0.162. The third-order valence-electron chi connectivity index (χ3n) is 10.9. The predicted molar refractivity (Wildman–Crippen MR) is 209 cm³/mol. The summed E-state index contributed by atoms with van der Waals surface area (Å²) < 4.78 is 47.9. The molecule has 0 saturated carbocycles. The first-order valence-electron chi connectivity index (χ1n) is 18.6. The van der Waals surface area contributed by atoms with E-state index in [4.69, 9.17) is 13.9 Å². The van der Waals surface area contributed by atoms with Gasteiger partial charge in [-0.05, 0) is 61.3 Å². The predicted octanol–water partition coefficient (Wildman–Crippen LogP) is 7.96. The second-order valence-corrected chi connectivity index (χ2v) is 22.4. The Morgan fingerprint density at radius 2 is 1.48 bits per heavy atom. The van der Waals surface area contributed by atoms with Crippen LogP contribution in [0.1, 0.15) is 101 Å². The molecule has 1 aliphatic carbocycles. The van der Waals surface area contributed by atoms with Crippen LogP contribution in [0.15, 0.2) is 95.9 Å². The number of fused-ring (bicyclic) bond motifs is 1. The maximum absolute atomic E-state index is 14.3. The van der Waals surface area contributed by atoms with Crippen LogP contribution in [-0.4, -0.2) is 68.9 Å². The highest BCUT2D eigenvalue weighted by Crippen LogP contribution is 2.52. The van der Waals surface area contributed by atoms with Gasteiger partial charge in [-0.25, -0.2) is 18.0 Å². The molecule has 10 nitrogen and oxygen atoms in total. The number of ketones is 1. The number of benzene rings is 3. The van der Waals surface area contributed by atoms with Gasteiger partial charge in [-0.15, -0.1) is 0 Å². The number of carbonyl (C=O) groups excluding carboxylic acids is 3. The summed E-state index contributed by atoms with van der Waals surface area (Å²) in [6.07, 6.45) is -0.0214. The molecule has 2 aliphatic rings. The van der Waals surface area contributed by atoms with Crippen LogP contribution >= 0.6 is 0 Å². The Morgan fingerprint density at radius 1 is 0.870 bits per heavy atom. The number of hydrogen-bond acceptors (Lipinski definition) is 9. The molecule has 0 amide bonds. The lowest BCUT2D eigenvalue weighted by Crippen LogP contribution is -2.42. The Labute approximate surface area is 319 Å². The largest absolute Gasteiger partial charge is 0.462 e. The lowest BCUT2D eigenvalue weighted by molar-refractivity contribution is 0.0488. The highest BCUT2D eigenvalue weighted by molar-refractivity contribution is 7.91. The van der Waals surface area contributed by atoms with Gasteiger partial charge < -0.3 is 18.5 Å². The molecule has 6 rings (SSSR count). The van der Waals surface area contributed by atoms with Crippen LogP contribution in [-0.2, 0) is 36.8 Å². The monoisotopic (exact) mass is 770 g/mol. The average molecular weight is 771 g/mol. The van der Waals surface area contributed by atoms with Gasteiger partial charge in [-0.1, -0.05) is 87.5 Å². The van der Waals surface area contributed by atoms with Crippen LogP contribution in [0.2, 0.25) is 18.1 Å². The van der Waals surface area contributed by atoms with Crippen molar-refractivity contribution in [3.8, 4) is 0 Å². The first kappa shape index (κ1) is 39.3. The summed E-state index contributed by atoms with van der Waals surface area (Å²) in [6, 6.07) is 25.9. The van der Waals surface area contributed by atoms with Gasteiger partial charge in [0.2, 0.25) is 0 Å². The molecule has 0 bridgehead atoms. The summed E-state index contributed by atoms with van der Waals surface area (Å²) in [6.45, 7) is 12.9. The lowest BCUT2D eigenvalue weighted by Gasteiger charge is -2.40. The van der Waals surface area contributed by atoms with Crippen molar-refractivity contribution in [2.24, 2.45) is 0 Å². The van der Waals surface area contributed by atoms with E-state index in [2.05, 4.69) is 38.8 Å². The second kappa shape index (κ2) is 15.8. The fraction of sp³-hybridized carbons (Fsp3) is 0.405. The molecular weight excluding hydrogens is 721 g/mol. The molecule has 1 saturated heterocycles. The summed E-state index contributed by atoms with van der Waals surface area (Å²) in [7, 11) is -6.23. The van der Waals surface area contributed by atoms with E-state index in [1.807, 2.05) is 36.4 Å². The normalized spacial score (nSPS) is 19.9. The molecule has 12 heteroatoms. The smallest absolute Gasteiger partial charge is 0.340 e. The maximum Gasteiger partial charge on any atom is 0.340 e. The van der Waals surface area contributed by atoms with E-state index >= 15 is 0 Å². The average Bonchev–Trinajstić information content (AvgIpc) is 3.69. The van der Waals surface area contributed by atoms with Crippen LogP contribution in [0, 0.1) is 0 Å². The fourth-order valence-electron chi connectivity index (χ4n) is 7.05. The van der Waals surface area contributed by atoms with E-state index in [1.54, 1.807) is 66.1 Å². The lowest BCUT2D eigenvalue weighted by atomic mass is 9.90. The molecule has 0 radical (unpaired) electrons. The zero-order valence-electron chi connectivity index (χ0n) is 31.9. The second-order valence-electron chi connectivity index (χ2n) is 15.5. The first-order chi connectivity index (χ1) is 25.6. The molecule has 4 aromatic rings. The van der Waals surface area contributed by atoms with Crippen molar-refractivity contribution in [3.63, 3.8) is 0 Å². The van der Waals surface area contributed by atoms with E-state index in [9.17, 15) is 22.8 Å². The Bertz CT molecular complexity index is 2090. The highest BCUT2D eigenvalue weighted by atomic mass is 32.2. The van der Waals surface area contributed by atoms with Crippen LogP contribution < -0.4 is 0 Å². The zero-order valence-corrected chi connectivity index (χ0v) is 33.7. The van der Waals surface area contributed by atoms with Crippen molar-refractivity contribution in [2.75, 3.05) is 19.0 Å². The number of sulfone groups is 1. The van der Waals surface area contributed by atoms with Gasteiger partial charge in [-0.3, -0.25) is 9.69 Å². The number of aromatic nitrogens is 1. The molecular formula is C42H50N2O8SSi. The van der Waals surface area contributed by atoms with Crippen molar-refractivity contribution in [2.45, 2.75) is 94.8 Å². The molecule has 1 aromatic heterocycles. The SMILES string of the molecule is CCOC(=O)c1c2c(n(CCS(=O)(=O)c3ccccc3)c1[C@@H]1[C@H](COC(=O)c3ccccc3)N1Cc1ccccc1)C(=O)CCC2O[Si](C)(C)C(C)(C)C. The van der Waals surface area contributed by atoms with E-state index in [0.717, 1.165) is 5.56 Å². The minimum absolute atomic E-state index is 0.00347. The van der Waals surface area contributed by atoms with E-state index < -0.39 is 42.2 Å². The number of Topliss-reactive ketones (excluding diaryl/α,β-unsaturated/α-hetero) is 1. The summed E-state index contributed by atoms with van der Waals surface area (Å²) in [4.78, 5) is 44.0. The molecule has 2 unspecified atom stereocenters. The van der Waals surface area contributed by atoms with E-state index in [1.165, 1.54) is 0 Å². The Morgan fingerprint density at radius 3 is 2.09 bits per heavy atom. The third kappa shape index (κ3) is 8.17. The third-order valence-corrected chi connectivity index (χ3v) is 17.1. The van der Waals surface area contributed by atoms with Gasteiger partial charge in [0, 0.05) is 25.1 Å². The Kier molecular flexibility index (Phi) is 11.5. The molecule has 3 aromatic carbocycles. The summed E-state index contributed by atoms with van der Waals surface area (Å²) >= 11 is 0. The van der Waals surface area contributed by atoms with Crippen molar-refractivity contribution in [3.05, 3.63) is 125 Å². The molecule has 1 aliphatic heterocycles. The van der Waals surface area contributed by atoms with Crippen LogP contribution in [0.3, 0.4) is 0 Å². The van der Waals surface area contributed by atoms with Gasteiger partial charge in [0.25, 0.3) is 0 Å². The number of nitrogens with zero attached hydrogens (tertiary/aromatic N) is 2. The first-order valence-corrected chi connectivity index (χ1v) is 23.1. The topological polar surface area (TPSA) is 121 Å². The van der Waals surface area contributed by atoms with Crippen LogP contribution in [0.4, 0.5) is 0 Å². The molecule has 0 N–H and O–H groups in total. The number of rotatable bonds is 14. The summed E-state index contributed by atoms with van der Waals surface area (Å²) in [5.74, 6) is -1.57. The number of ether oxygens (including phenoxy) is 2. The van der Waals surface area contributed by atoms with Crippen molar-refractivity contribution in [1.82, 2.24) is 9.47 Å². The maximum atomic E-state index is 14.3. The number of esters is 2. The van der Waals surface area contributed by atoms with Crippen LogP contribution in [0.5, 0.6) is 0 Å². The quantitative estimate of drug-likeness (QED) is 0.0715.